The molecule has 0 unspecified atom stereocenters. The van der Waals surface area contributed by atoms with E-state index < -0.39 is 0 Å². The van der Waals surface area contributed by atoms with E-state index in [1.807, 2.05) is 0 Å². The van der Waals surface area contributed by atoms with Crippen LogP contribution in [0.15, 0.2) is 42.5 Å². The van der Waals surface area contributed by atoms with Crippen molar-refractivity contribution in [2.24, 2.45) is 0 Å². The third-order valence-electron chi connectivity index (χ3n) is 4.78. The van der Waals surface area contributed by atoms with Gasteiger partial charge in [-0.05, 0) is 47.2 Å². The number of unbranched alkanes of at least 4 members (excludes halogenated alkanes) is 6. The van der Waals surface area contributed by atoms with E-state index in [4.69, 9.17) is 4.74 Å². The fraction of sp³-hybridized carbons (Fsp3) is 0.455. The van der Waals surface area contributed by atoms with Crippen LogP contribution < -0.4 is 4.74 Å². The molecule has 0 fully saturated rings. The van der Waals surface area contributed by atoms with Crippen LogP contribution in [0.5, 0.6) is 5.75 Å². The van der Waals surface area contributed by atoms with Gasteiger partial charge < -0.3 is 4.74 Å². The van der Waals surface area contributed by atoms with Crippen molar-refractivity contribution in [1.29, 1.82) is 0 Å². The van der Waals surface area contributed by atoms with Crippen molar-refractivity contribution in [3.05, 3.63) is 53.6 Å². The second-order valence-corrected chi connectivity index (χ2v) is 6.62. The highest BCUT2D eigenvalue weighted by Gasteiger charge is 2.17. The van der Waals surface area contributed by atoms with Crippen molar-refractivity contribution >= 4 is 0 Å². The van der Waals surface area contributed by atoms with Crippen molar-refractivity contribution in [1.82, 2.24) is 0 Å². The minimum atomic E-state index is 0.847. The Kier molecular flexibility index (Phi) is 5.74. The molecule has 0 N–H and O–H groups in total. The Hall–Kier alpha value is -1.76. The second-order valence-electron chi connectivity index (χ2n) is 6.62. The van der Waals surface area contributed by atoms with Gasteiger partial charge in [0.05, 0.1) is 6.61 Å². The number of rotatable bonds is 9. The van der Waals surface area contributed by atoms with Crippen LogP contribution in [-0.4, -0.2) is 6.61 Å². The summed E-state index contributed by atoms with van der Waals surface area (Å²) in [5.41, 5.74) is 5.61. The fourth-order valence-corrected chi connectivity index (χ4v) is 3.46. The predicted octanol–water partition coefficient (Wildman–Crippen LogP) is 6.39. The van der Waals surface area contributed by atoms with Gasteiger partial charge >= 0.3 is 0 Å². The van der Waals surface area contributed by atoms with Gasteiger partial charge in [0.2, 0.25) is 0 Å². The zero-order valence-corrected chi connectivity index (χ0v) is 14.3. The Bertz CT molecular complexity index is 630. The van der Waals surface area contributed by atoms with Gasteiger partial charge in [0, 0.05) is 0 Å². The van der Waals surface area contributed by atoms with Gasteiger partial charge in [-0.3, -0.25) is 0 Å². The zero-order chi connectivity index (χ0) is 15.9. The lowest BCUT2D eigenvalue weighted by molar-refractivity contribution is 0.304. The SMILES string of the molecule is CCCCCCCCCOc1ccc2c(c1)Cc1ccccc1-2. The number of hydrogen-bond acceptors (Lipinski definition) is 1. The normalized spacial score (nSPS) is 12.0. The summed E-state index contributed by atoms with van der Waals surface area (Å²) in [6, 6.07) is 15.3. The van der Waals surface area contributed by atoms with E-state index in [1.165, 1.54) is 67.2 Å². The third-order valence-corrected chi connectivity index (χ3v) is 4.78. The lowest BCUT2D eigenvalue weighted by Crippen LogP contribution is -1.98. The standard InChI is InChI=1S/C22H28O/c1-2-3-4-5-6-7-10-15-23-20-13-14-22-19(17-20)16-18-11-8-9-12-21(18)22/h8-9,11-14,17H,2-7,10,15-16H2,1H3. The van der Waals surface area contributed by atoms with Crippen LogP contribution in [0, 0.1) is 0 Å². The van der Waals surface area contributed by atoms with Crippen LogP contribution in [0.3, 0.4) is 0 Å². The molecule has 0 atom stereocenters. The minimum Gasteiger partial charge on any atom is -0.494 e. The molecular formula is C22H28O. The van der Waals surface area contributed by atoms with E-state index >= 15 is 0 Å². The quantitative estimate of drug-likeness (QED) is 0.416. The first-order valence-corrected chi connectivity index (χ1v) is 9.22. The Balaban J connectivity index is 1.44. The smallest absolute Gasteiger partial charge is 0.119 e. The molecule has 2 aromatic carbocycles. The molecule has 0 amide bonds. The first-order valence-electron chi connectivity index (χ1n) is 9.22. The number of benzene rings is 2. The fourth-order valence-electron chi connectivity index (χ4n) is 3.46. The zero-order valence-electron chi connectivity index (χ0n) is 14.3. The summed E-state index contributed by atoms with van der Waals surface area (Å²) >= 11 is 0. The highest BCUT2D eigenvalue weighted by atomic mass is 16.5. The van der Waals surface area contributed by atoms with Gasteiger partial charge in [0.1, 0.15) is 5.75 Å². The predicted molar refractivity (Wildman–Crippen MR) is 98.2 cm³/mol. The maximum atomic E-state index is 5.96. The van der Waals surface area contributed by atoms with Gasteiger partial charge in [-0.2, -0.15) is 0 Å². The van der Waals surface area contributed by atoms with Crippen molar-refractivity contribution in [3.8, 4) is 16.9 Å². The molecule has 1 heteroatoms. The van der Waals surface area contributed by atoms with Crippen LogP contribution >= 0.6 is 0 Å². The third kappa shape index (κ3) is 4.16. The topological polar surface area (TPSA) is 9.23 Å². The average molecular weight is 308 g/mol. The molecule has 0 spiro atoms. The molecule has 0 aliphatic heterocycles. The Morgan fingerprint density at radius 2 is 1.52 bits per heavy atom. The van der Waals surface area contributed by atoms with Crippen molar-refractivity contribution in [3.63, 3.8) is 0 Å². The monoisotopic (exact) mass is 308 g/mol. The molecule has 2 aromatic rings. The van der Waals surface area contributed by atoms with Crippen LogP contribution in [-0.2, 0) is 6.42 Å². The molecule has 3 rings (SSSR count). The molecule has 0 saturated carbocycles. The van der Waals surface area contributed by atoms with Crippen LogP contribution in [0.25, 0.3) is 11.1 Å². The molecule has 1 aliphatic carbocycles. The van der Waals surface area contributed by atoms with E-state index in [9.17, 15) is 0 Å². The lowest BCUT2D eigenvalue weighted by atomic mass is 10.1. The molecule has 0 bridgehead atoms. The Labute approximate surface area is 140 Å². The first-order chi connectivity index (χ1) is 11.4. The summed E-state index contributed by atoms with van der Waals surface area (Å²) < 4.78 is 5.96. The maximum absolute atomic E-state index is 5.96. The van der Waals surface area contributed by atoms with E-state index in [1.54, 1.807) is 0 Å². The molecule has 23 heavy (non-hydrogen) atoms. The van der Waals surface area contributed by atoms with E-state index in [0.29, 0.717) is 0 Å². The summed E-state index contributed by atoms with van der Waals surface area (Å²) in [6.07, 6.45) is 10.3. The summed E-state index contributed by atoms with van der Waals surface area (Å²) in [7, 11) is 0. The van der Waals surface area contributed by atoms with Gasteiger partial charge in [-0.25, -0.2) is 0 Å². The molecule has 1 aliphatic rings. The highest BCUT2D eigenvalue weighted by molar-refractivity contribution is 5.77. The number of ether oxygens (including phenoxy) is 1. The maximum Gasteiger partial charge on any atom is 0.119 e. The molecule has 0 heterocycles. The van der Waals surface area contributed by atoms with Gasteiger partial charge in [-0.15, -0.1) is 0 Å². The van der Waals surface area contributed by atoms with Gasteiger partial charge in [0.15, 0.2) is 0 Å². The molecular weight excluding hydrogens is 280 g/mol. The highest BCUT2D eigenvalue weighted by Crippen LogP contribution is 2.38. The van der Waals surface area contributed by atoms with Gasteiger partial charge in [-0.1, -0.05) is 75.8 Å². The molecule has 1 nitrogen and oxygen atoms in total. The van der Waals surface area contributed by atoms with Crippen LogP contribution in [0.2, 0.25) is 0 Å². The van der Waals surface area contributed by atoms with Crippen molar-refractivity contribution in [2.75, 3.05) is 6.61 Å². The largest absolute Gasteiger partial charge is 0.494 e. The van der Waals surface area contributed by atoms with Gasteiger partial charge in [0.25, 0.3) is 0 Å². The summed E-state index contributed by atoms with van der Waals surface area (Å²) in [4.78, 5) is 0. The summed E-state index contributed by atoms with van der Waals surface area (Å²) in [5.74, 6) is 1.03. The van der Waals surface area contributed by atoms with Crippen molar-refractivity contribution in [2.45, 2.75) is 58.3 Å². The average Bonchev–Trinajstić information content (AvgIpc) is 2.95. The summed E-state index contributed by atoms with van der Waals surface area (Å²) in [6.45, 7) is 3.11. The number of fused-ring (bicyclic) bond motifs is 3. The Morgan fingerprint density at radius 3 is 2.39 bits per heavy atom. The summed E-state index contributed by atoms with van der Waals surface area (Å²) in [5, 5.41) is 0. The molecule has 0 saturated heterocycles. The van der Waals surface area contributed by atoms with Crippen molar-refractivity contribution < 1.29 is 4.74 Å². The molecule has 0 radical (unpaired) electrons. The van der Waals surface area contributed by atoms with E-state index in [-0.39, 0.29) is 0 Å². The Morgan fingerprint density at radius 1 is 0.783 bits per heavy atom. The van der Waals surface area contributed by atoms with E-state index in [2.05, 4.69) is 49.4 Å². The molecule has 0 aromatic heterocycles. The van der Waals surface area contributed by atoms with Crippen LogP contribution in [0.1, 0.15) is 63.0 Å². The second kappa shape index (κ2) is 8.19. The van der Waals surface area contributed by atoms with E-state index in [0.717, 1.165) is 18.8 Å². The number of hydrogen-bond donors (Lipinski definition) is 0. The van der Waals surface area contributed by atoms with Crippen LogP contribution in [0.4, 0.5) is 0 Å². The molecule has 122 valence electrons. The lowest BCUT2D eigenvalue weighted by Gasteiger charge is -2.08. The minimum absolute atomic E-state index is 0.847. The first kappa shape index (κ1) is 16.1.